The van der Waals surface area contributed by atoms with E-state index >= 15 is 0 Å². The molecule has 2 rings (SSSR count). The molecule has 5 nitrogen and oxygen atoms in total. The number of carbonyl (C=O) groups excluding carboxylic acids is 1. The van der Waals surface area contributed by atoms with Crippen LogP contribution in [0.15, 0.2) is 18.2 Å². The van der Waals surface area contributed by atoms with Gasteiger partial charge in [0.1, 0.15) is 17.1 Å². The van der Waals surface area contributed by atoms with Gasteiger partial charge in [-0.1, -0.05) is 19.4 Å². The number of nitrogens with two attached hydrogens (primary N) is 1. The van der Waals surface area contributed by atoms with Gasteiger partial charge >= 0.3 is 0 Å². The van der Waals surface area contributed by atoms with E-state index in [-0.39, 0.29) is 11.9 Å². The van der Waals surface area contributed by atoms with E-state index in [1.54, 1.807) is 26.4 Å². The molecule has 0 saturated carbocycles. The summed E-state index contributed by atoms with van der Waals surface area (Å²) >= 11 is 0. The van der Waals surface area contributed by atoms with Crippen LogP contribution in [-0.2, 0) is 0 Å². The lowest BCUT2D eigenvalue weighted by Gasteiger charge is -2.36. The summed E-state index contributed by atoms with van der Waals surface area (Å²) in [6.45, 7) is 3.48. The highest BCUT2D eigenvalue weighted by Crippen LogP contribution is 2.31. The summed E-state index contributed by atoms with van der Waals surface area (Å²) in [6, 6.07) is 5.56. The number of hydrogen-bond donors (Lipinski definition) is 1. The smallest absolute Gasteiger partial charge is 0.261 e. The second kappa shape index (κ2) is 6.80. The lowest BCUT2D eigenvalue weighted by molar-refractivity contribution is 0.0642. The van der Waals surface area contributed by atoms with E-state index < -0.39 is 0 Å². The van der Waals surface area contributed by atoms with Crippen LogP contribution in [0.5, 0.6) is 11.5 Å². The van der Waals surface area contributed by atoms with E-state index in [0.717, 1.165) is 12.8 Å². The second-order valence-corrected chi connectivity index (χ2v) is 5.41. The number of hydrogen-bond acceptors (Lipinski definition) is 4. The first-order chi connectivity index (χ1) is 10.1. The molecule has 2 N–H and O–H groups in total. The Morgan fingerprint density at radius 3 is 2.48 bits per heavy atom. The van der Waals surface area contributed by atoms with Crippen molar-refractivity contribution in [3.05, 3.63) is 23.8 Å². The van der Waals surface area contributed by atoms with Crippen LogP contribution in [0.25, 0.3) is 0 Å². The van der Waals surface area contributed by atoms with Crippen LogP contribution in [-0.4, -0.2) is 44.2 Å². The Hall–Kier alpha value is -1.75. The molecule has 1 saturated heterocycles. The molecule has 0 bridgehead atoms. The number of amides is 1. The number of nitrogens with zero attached hydrogens (tertiary/aromatic N) is 1. The number of methoxy groups -OCH3 is 2. The Morgan fingerprint density at radius 2 is 1.95 bits per heavy atom. The predicted molar refractivity (Wildman–Crippen MR) is 81.8 cm³/mol. The van der Waals surface area contributed by atoms with Crippen molar-refractivity contribution >= 4 is 5.91 Å². The SMILES string of the molecule is CCC1CN(C(=O)c2c(OC)cccc2OC)CCC1N. The maximum absolute atomic E-state index is 12.9. The van der Waals surface area contributed by atoms with Gasteiger partial charge in [0.05, 0.1) is 14.2 Å². The Bertz CT molecular complexity index is 482. The molecule has 5 heteroatoms. The molecule has 1 aromatic rings. The molecule has 1 aliphatic heterocycles. The predicted octanol–water partition coefficient (Wildman–Crippen LogP) is 1.90. The van der Waals surface area contributed by atoms with E-state index in [0.29, 0.717) is 36.1 Å². The van der Waals surface area contributed by atoms with Gasteiger partial charge in [-0.05, 0) is 24.5 Å². The van der Waals surface area contributed by atoms with Gasteiger partial charge in [0.2, 0.25) is 0 Å². The highest BCUT2D eigenvalue weighted by molar-refractivity contribution is 5.99. The summed E-state index contributed by atoms with van der Waals surface area (Å²) in [7, 11) is 3.12. The van der Waals surface area contributed by atoms with Crippen LogP contribution in [0, 0.1) is 5.92 Å². The third-order valence-corrected chi connectivity index (χ3v) is 4.25. The third-order valence-electron chi connectivity index (χ3n) is 4.25. The normalized spacial score (nSPS) is 22.0. The Balaban J connectivity index is 2.28. The van der Waals surface area contributed by atoms with Gasteiger partial charge in [-0.2, -0.15) is 0 Å². The lowest BCUT2D eigenvalue weighted by atomic mass is 9.90. The molecule has 0 spiro atoms. The quantitative estimate of drug-likeness (QED) is 0.920. The molecular formula is C16H24N2O3. The van der Waals surface area contributed by atoms with Crippen molar-refractivity contribution in [3.63, 3.8) is 0 Å². The van der Waals surface area contributed by atoms with Crippen LogP contribution in [0.3, 0.4) is 0 Å². The standard InChI is InChI=1S/C16H24N2O3/c1-4-11-10-18(9-8-12(11)17)16(19)15-13(20-2)6-5-7-14(15)21-3/h5-7,11-12H,4,8-10,17H2,1-3H3. The number of likely N-dealkylation sites (tertiary alicyclic amines) is 1. The highest BCUT2D eigenvalue weighted by atomic mass is 16.5. The molecule has 1 aliphatic rings. The highest BCUT2D eigenvalue weighted by Gasteiger charge is 2.31. The summed E-state index contributed by atoms with van der Waals surface area (Å²) in [5, 5.41) is 0. The second-order valence-electron chi connectivity index (χ2n) is 5.41. The summed E-state index contributed by atoms with van der Waals surface area (Å²) in [4.78, 5) is 14.7. The number of piperidine rings is 1. The lowest BCUT2D eigenvalue weighted by Crippen LogP contribution is -2.49. The van der Waals surface area contributed by atoms with Crippen molar-refractivity contribution in [1.29, 1.82) is 0 Å². The van der Waals surface area contributed by atoms with Crippen LogP contribution in [0.4, 0.5) is 0 Å². The van der Waals surface area contributed by atoms with Gasteiger partial charge in [-0.25, -0.2) is 0 Å². The van der Waals surface area contributed by atoms with Crippen molar-refractivity contribution in [3.8, 4) is 11.5 Å². The topological polar surface area (TPSA) is 64.8 Å². The monoisotopic (exact) mass is 292 g/mol. The molecule has 2 atom stereocenters. The fraction of sp³-hybridized carbons (Fsp3) is 0.562. The number of benzene rings is 1. The van der Waals surface area contributed by atoms with Crippen molar-refractivity contribution in [2.75, 3.05) is 27.3 Å². The molecule has 0 aliphatic carbocycles. The van der Waals surface area contributed by atoms with E-state index in [9.17, 15) is 4.79 Å². The fourth-order valence-corrected chi connectivity index (χ4v) is 2.89. The Labute approximate surface area is 126 Å². The molecule has 116 valence electrons. The van der Waals surface area contributed by atoms with Crippen LogP contribution in [0.1, 0.15) is 30.1 Å². The van der Waals surface area contributed by atoms with Gasteiger partial charge in [-0.3, -0.25) is 4.79 Å². The molecule has 0 aromatic heterocycles. The summed E-state index contributed by atoms with van der Waals surface area (Å²) in [6.07, 6.45) is 1.82. The van der Waals surface area contributed by atoms with E-state index in [1.807, 2.05) is 11.0 Å². The first-order valence-corrected chi connectivity index (χ1v) is 7.38. The zero-order chi connectivity index (χ0) is 15.4. The maximum Gasteiger partial charge on any atom is 0.261 e. The van der Waals surface area contributed by atoms with Gasteiger partial charge in [0.15, 0.2) is 0 Å². The van der Waals surface area contributed by atoms with Crippen LogP contribution >= 0.6 is 0 Å². The Morgan fingerprint density at radius 1 is 1.33 bits per heavy atom. The average molecular weight is 292 g/mol. The minimum Gasteiger partial charge on any atom is -0.496 e. The minimum atomic E-state index is -0.0466. The largest absolute Gasteiger partial charge is 0.496 e. The third kappa shape index (κ3) is 3.13. The van der Waals surface area contributed by atoms with E-state index in [2.05, 4.69) is 6.92 Å². The van der Waals surface area contributed by atoms with E-state index in [4.69, 9.17) is 15.2 Å². The van der Waals surface area contributed by atoms with Gasteiger partial charge in [0.25, 0.3) is 5.91 Å². The summed E-state index contributed by atoms with van der Waals surface area (Å²) < 4.78 is 10.6. The average Bonchev–Trinajstić information content (AvgIpc) is 2.53. The molecule has 0 radical (unpaired) electrons. The summed E-state index contributed by atoms with van der Waals surface area (Å²) in [5.41, 5.74) is 6.61. The number of ether oxygens (including phenoxy) is 2. The summed E-state index contributed by atoms with van der Waals surface area (Å²) in [5.74, 6) is 1.39. The van der Waals surface area contributed by atoms with Crippen LogP contribution < -0.4 is 15.2 Å². The maximum atomic E-state index is 12.9. The molecule has 1 heterocycles. The molecule has 1 fully saturated rings. The molecule has 2 unspecified atom stereocenters. The zero-order valence-electron chi connectivity index (χ0n) is 13.0. The van der Waals surface area contributed by atoms with Gasteiger partial charge in [-0.15, -0.1) is 0 Å². The minimum absolute atomic E-state index is 0.0466. The molecule has 21 heavy (non-hydrogen) atoms. The van der Waals surface area contributed by atoms with E-state index in [1.165, 1.54) is 0 Å². The zero-order valence-corrected chi connectivity index (χ0v) is 13.0. The molecule has 1 aromatic carbocycles. The van der Waals surface area contributed by atoms with Crippen molar-refractivity contribution in [2.24, 2.45) is 11.7 Å². The van der Waals surface area contributed by atoms with Crippen molar-refractivity contribution < 1.29 is 14.3 Å². The van der Waals surface area contributed by atoms with Crippen LogP contribution in [0.2, 0.25) is 0 Å². The molecular weight excluding hydrogens is 268 g/mol. The van der Waals surface area contributed by atoms with Gasteiger partial charge < -0.3 is 20.1 Å². The number of carbonyl (C=O) groups is 1. The Kier molecular flexibility index (Phi) is 5.07. The van der Waals surface area contributed by atoms with Crippen molar-refractivity contribution in [1.82, 2.24) is 4.90 Å². The number of rotatable bonds is 4. The van der Waals surface area contributed by atoms with Gasteiger partial charge in [0, 0.05) is 19.1 Å². The first kappa shape index (κ1) is 15.6. The van der Waals surface area contributed by atoms with Crippen molar-refractivity contribution in [2.45, 2.75) is 25.8 Å². The first-order valence-electron chi connectivity index (χ1n) is 7.38. The molecule has 1 amide bonds. The fourth-order valence-electron chi connectivity index (χ4n) is 2.89.